The summed E-state index contributed by atoms with van der Waals surface area (Å²) in [5.74, 6) is -0.687. The quantitative estimate of drug-likeness (QED) is 0.945. The number of nitrogens with one attached hydrogen (secondary N) is 1. The lowest BCUT2D eigenvalue weighted by molar-refractivity contribution is -0.122. The minimum absolute atomic E-state index is 0.0346. The van der Waals surface area contributed by atoms with Crippen molar-refractivity contribution in [3.8, 4) is 0 Å². The number of hydrogen-bond donors (Lipinski definition) is 1. The van der Waals surface area contributed by atoms with Crippen LogP contribution >= 0.6 is 0 Å². The molecule has 1 unspecified atom stereocenters. The van der Waals surface area contributed by atoms with Gasteiger partial charge in [0.2, 0.25) is 11.8 Å². The molecule has 1 aromatic heterocycles. The number of hydrogen-bond acceptors (Lipinski definition) is 4. The normalized spacial score (nSPS) is 17.6. The van der Waals surface area contributed by atoms with E-state index in [1.165, 1.54) is 12.5 Å². The van der Waals surface area contributed by atoms with Gasteiger partial charge in [-0.05, 0) is 31.9 Å². The van der Waals surface area contributed by atoms with Gasteiger partial charge in [-0.15, -0.1) is 0 Å². The number of aryl methyl sites for hydroxylation is 3. The van der Waals surface area contributed by atoms with Gasteiger partial charge in [0.15, 0.2) is 0 Å². The molecule has 0 radical (unpaired) electrons. The number of amides is 2. The molecular formula is C17H19N3O3. The monoisotopic (exact) mass is 313 g/mol. The van der Waals surface area contributed by atoms with Crippen LogP contribution < -0.4 is 10.2 Å². The summed E-state index contributed by atoms with van der Waals surface area (Å²) in [7, 11) is 0. The highest BCUT2D eigenvalue weighted by atomic mass is 16.4. The number of aromatic nitrogens is 1. The fourth-order valence-corrected chi connectivity index (χ4v) is 3.19. The summed E-state index contributed by atoms with van der Waals surface area (Å²) in [6.07, 6.45) is 3.04. The van der Waals surface area contributed by atoms with Crippen molar-refractivity contribution in [1.82, 2.24) is 4.98 Å². The van der Waals surface area contributed by atoms with Gasteiger partial charge in [-0.3, -0.25) is 14.9 Å². The number of nitrogens with zero attached hydrogens (tertiary/aromatic N) is 2. The van der Waals surface area contributed by atoms with Gasteiger partial charge in [0, 0.05) is 18.7 Å². The van der Waals surface area contributed by atoms with Gasteiger partial charge in [-0.25, -0.2) is 4.98 Å². The second-order valence-corrected chi connectivity index (χ2v) is 5.98. The van der Waals surface area contributed by atoms with Crippen LogP contribution in [0.5, 0.6) is 0 Å². The van der Waals surface area contributed by atoms with Gasteiger partial charge < -0.3 is 9.32 Å². The highest BCUT2D eigenvalue weighted by molar-refractivity contribution is 6.03. The molecule has 1 saturated heterocycles. The third-order valence-electron chi connectivity index (χ3n) is 4.06. The number of oxazole rings is 1. The zero-order chi connectivity index (χ0) is 16.6. The molecule has 1 aliphatic heterocycles. The molecule has 6 heteroatoms. The Bertz CT molecular complexity index is 729. The molecule has 0 aliphatic carbocycles. The molecule has 3 rings (SSSR count). The summed E-state index contributed by atoms with van der Waals surface area (Å²) in [6, 6.07) is 4.26. The second kappa shape index (κ2) is 5.87. The van der Waals surface area contributed by atoms with Crippen LogP contribution in [0, 0.1) is 26.7 Å². The van der Waals surface area contributed by atoms with Crippen molar-refractivity contribution >= 4 is 23.5 Å². The molecule has 2 heterocycles. The van der Waals surface area contributed by atoms with Crippen molar-refractivity contribution in [2.24, 2.45) is 5.92 Å². The lowest BCUT2D eigenvalue weighted by Gasteiger charge is -2.22. The third kappa shape index (κ3) is 2.97. The van der Waals surface area contributed by atoms with Gasteiger partial charge >= 0.3 is 6.01 Å². The minimum Gasteiger partial charge on any atom is -0.432 e. The smallest absolute Gasteiger partial charge is 0.301 e. The molecule has 1 fully saturated rings. The van der Waals surface area contributed by atoms with Crippen molar-refractivity contribution in [1.29, 1.82) is 0 Å². The van der Waals surface area contributed by atoms with Crippen molar-refractivity contribution in [2.45, 2.75) is 27.2 Å². The van der Waals surface area contributed by atoms with E-state index in [4.69, 9.17) is 4.42 Å². The summed E-state index contributed by atoms with van der Waals surface area (Å²) in [5, 5.41) is 2.60. The van der Waals surface area contributed by atoms with Crippen LogP contribution in [0.3, 0.4) is 0 Å². The van der Waals surface area contributed by atoms with E-state index in [2.05, 4.69) is 22.4 Å². The number of carbonyl (C=O) groups is 2. The third-order valence-corrected chi connectivity index (χ3v) is 4.06. The second-order valence-electron chi connectivity index (χ2n) is 5.98. The predicted octanol–water partition coefficient (Wildman–Crippen LogP) is 2.59. The van der Waals surface area contributed by atoms with Gasteiger partial charge in [-0.1, -0.05) is 17.7 Å². The van der Waals surface area contributed by atoms with E-state index in [0.717, 1.165) is 22.4 Å². The summed E-state index contributed by atoms with van der Waals surface area (Å²) in [6.45, 7) is 6.38. The van der Waals surface area contributed by atoms with Gasteiger partial charge in [0.1, 0.15) is 6.26 Å². The Balaban J connectivity index is 1.79. The van der Waals surface area contributed by atoms with Gasteiger partial charge in [0.25, 0.3) is 0 Å². The Hall–Kier alpha value is -2.63. The molecule has 6 nitrogen and oxygen atoms in total. The first kappa shape index (κ1) is 15.3. The highest BCUT2D eigenvalue weighted by Crippen LogP contribution is 2.32. The first-order chi connectivity index (χ1) is 11.0. The van der Waals surface area contributed by atoms with Gasteiger partial charge in [0.05, 0.1) is 12.1 Å². The van der Waals surface area contributed by atoms with Crippen LogP contribution in [0.25, 0.3) is 0 Å². The summed E-state index contributed by atoms with van der Waals surface area (Å²) >= 11 is 0. The van der Waals surface area contributed by atoms with Crippen LogP contribution in [0.2, 0.25) is 0 Å². The lowest BCUT2D eigenvalue weighted by atomic mass is 10.0. The molecule has 2 aromatic rings. The Morgan fingerprint density at radius 1 is 1.30 bits per heavy atom. The first-order valence-corrected chi connectivity index (χ1v) is 7.54. The van der Waals surface area contributed by atoms with Gasteiger partial charge in [-0.2, -0.15) is 0 Å². The zero-order valence-corrected chi connectivity index (χ0v) is 13.4. The topological polar surface area (TPSA) is 75.4 Å². The average Bonchev–Trinajstić information content (AvgIpc) is 3.08. The maximum absolute atomic E-state index is 12.4. The summed E-state index contributed by atoms with van der Waals surface area (Å²) in [5.41, 5.74) is 4.16. The van der Waals surface area contributed by atoms with Crippen LogP contribution in [0.1, 0.15) is 23.1 Å². The zero-order valence-electron chi connectivity index (χ0n) is 13.4. The Kier molecular flexibility index (Phi) is 3.90. The minimum atomic E-state index is -0.408. The molecule has 0 spiro atoms. The molecule has 2 amide bonds. The van der Waals surface area contributed by atoms with E-state index in [1.807, 2.05) is 20.8 Å². The maximum Gasteiger partial charge on any atom is 0.301 e. The Morgan fingerprint density at radius 3 is 2.61 bits per heavy atom. The van der Waals surface area contributed by atoms with Crippen molar-refractivity contribution < 1.29 is 14.0 Å². The lowest BCUT2D eigenvalue weighted by Crippen LogP contribution is -2.29. The van der Waals surface area contributed by atoms with E-state index in [0.29, 0.717) is 6.54 Å². The maximum atomic E-state index is 12.4. The number of rotatable bonds is 3. The first-order valence-electron chi connectivity index (χ1n) is 7.54. The fourth-order valence-electron chi connectivity index (χ4n) is 3.19. The van der Waals surface area contributed by atoms with Crippen LogP contribution in [0.15, 0.2) is 29.0 Å². The largest absolute Gasteiger partial charge is 0.432 e. The standard InChI is InChI=1S/C17H19N3O3/c1-10-6-11(2)15(12(3)7-10)20-9-13(8-14(20)21)16(22)19-17-18-4-5-23-17/h4-7,13H,8-9H2,1-3H3,(H,18,19,22). The molecule has 1 N–H and O–H groups in total. The van der Waals surface area contributed by atoms with Crippen LogP contribution in [-0.4, -0.2) is 23.3 Å². The van der Waals surface area contributed by atoms with E-state index < -0.39 is 5.92 Å². The number of benzene rings is 1. The van der Waals surface area contributed by atoms with E-state index >= 15 is 0 Å². The molecule has 23 heavy (non-hydrogen) atoms. The van der Waals surface area contributed by atoms with E-state index in [-0.39, 0.29) is 24.2 Å². The number of carbonyl (C=O) groups excluding carboxylic acids is 2. The fraction of sp³-hybridized carbons (Fsp3) is 0.353. The van der Waals surface area contributed by atoms with Crippen molar-refractivity contribution in [3.63, 3.8) is 0 Å². The highest BCUT2D eigenvalue weighted by Gasteiger charge is 2.36. The average molecular weight is 313 g/mol. The summed E-state index contributed by atoms with van der Waals surface area (Å²) in [4.78, 5) is 30.2. The van der Waals surface area contributed by atoms with E-state index in [9.17, 15) is 9.59 Å². The molecular weight excluding hydrogens is 294 g/mol. The Labute approximate surface area is 134 Å². The van der Waals surface area contributed by atoms with Crippen LogP contribution in [0.4, 0.5) is 11.7 Å². The number of anilines is 2. The van der Waals surface area contributed by atoms with E-state index in [1.54, 1.807) is 4.90 Å². The molecule has 0 bridgehead atoms. The predicted molar refractivity (Wildman–Crippen MR) is 86.2 cm³/mol. The van der Waals surface area contributed by atoms with Crippen LogP contribution in [-0.2, 0) is 9.59 Å². The molecule has 1 aromatic carbocycles. The molecule has 120 valence electrons. The molecule has 1 atom stereocenters. The SMILES string of the molecule is Cc1cc(C)c(N2CC(C(=O)Nc3ncco3)CC2=O)c(C)c1. The molecule has 0 saturated carbocycles. The Morgan fingerprint density at radius 2 is 2.00 bits per heavy atom. The van der Waals surface area contributed by atoms with Crippen molar-refractivity contribution in [2.75, 3.05) is 16.8 Å². The molecule has 1 aliphatic rings. The van der Waals surface area contributed by atoms with Crippen molar-refractivity contribution in [3.05, 3.63) is 41.3 Å². The summed E-state index contributed by atoms with van der Waals surface area (Å²) < 4.78 is 5.01.